The van der Waals surface area contributed by atoms with E-state index in [9.17, 15) is 5.11 Å². The molecule has 2 aromatic rings. The second-order valence-corrected chi connectivity index (χ2v) is 4.52. The van der Waals surface area contributed by atoms with Crippen LogP contribution in [0, 0.1) is 6.92 Å². The van der Waals surface area contributed by atoms with Crippen LogP contribution >= 0.6 is 0 Å². The van der Waals surface area contributed by atoms with Crippen LogP contribution in [0.4, 0.5) is 0 Å². The quantitative estimate of drug-likeness (QED) is 0.871. The minimum atomic E-state index is -0.275. The van der Waals surface area contributed by atoms with E-state index in [4.69, 9.17) is 4.42 Å². The Morgan fingerprint density at radius 2 is 1.82 bits per heavy atom. The molecule has 2 heteroatoms. The summed E-state index contributed by atoms with van der Waals surface area (Å²) < 4.78 is 5.75. The Kier molecular flexibility index (Phi) is 3.64. The van der Waals surface area contributed by atoms with Gasteiger partial charge in [0.1, 0.15) is 11.5 Å². The zero-order valence-corrected chi connectivity index (χ0v) is 10.3. The Morgan fingerprint density at radius 3 is 2.47 bits per heavy atom. The van der Waals surface area contributed by atoms with E-state index >= 15 is 0 Å². The lowest BCUT2D eigenvalue weighted by atomic mass is 10.1. The van der Waals surface area contributed by atoms with Crippen LogP contribution in [0.15, 0.2) is 40.8 Å². The van der Waals surface area contributed by atoms with E-state index in [1.807, 2.05) is 12.1 Å². The van der Waals surface area contributed by atoms with Crippen molar-refractivity contribution in [3.8, 4) is 11.3 Å². The topological polar surface area (TPSA) is 33.4 Å². The maximum atomic E-state index is 9.23. The second-order valence-electron chi connectivity index (χ2n) is 4.52. The van der Waals surface area contributed by atoms with Crippen molar-refractivity contribution < 1.29 is 9.52 Å². The molecule has 1 N–H and O–H groups in total. The van der Waals surface area contributed by atoms with Crippen LogP contribution in [0.25, 0.3) is 11.3 Å². The van der Waals surface area contributed by atoms with Crippen molar-refractivity contribution in [1.29, 1.82) is 0 Å². The predicted molar refractivity (Wildman–Crippen MR) is 68.9 cm³/mol. The Morgan fingerprint density at radius 1 is 1.12 bits per heavy atom. The van der Waals surface area contributed by atoms with E-state index < -0.39 is 0 Å². The summed E-state index contributed by atoms with van der Waals surface area (Å²) in [5.74, 6) is 1.83. The van der Waals surface area contributed by atoms with Crippen LogP contribution in [0.5, 0.6) is 0 Å². The van der Waals surface area contributed by atoms with Gasteiger partial charge in [-0.2, -0.15) is 0 Å². The third-order valence-electron chi connectivity index (χ3n) is 2.81. The first-order valence-electron chi connectivity index (χ1n) is 5.99. The number of furan rings is 1. The van der Waals surface area contributed by atoms with Crippen molar-refractivity contribution in [2.24, 2.45) is 0 Å². The molecule has 0 aliphatic rings. The van der Waals surface area contributed by atoms with Gasteiger partial charge in [-0.25, -0.2) is 0 Å². The van der Waals surface area contributed by atoms with E-state index in [0.29, 0.717) is 0 Å². The van der Waals surface area contributed by atoms with Crippen LogP contribution in [-0.2, 0) is 6.42 Å². The normalized spacial score (nSPS) is 12.6. The van der Waals surface area contributed by atoms with E-state index in [-0.39, 0.29) is 6.10 Å². The van der Waals surface area contributed by atoms with E-state index in [1.54, 1.807) is 6.92 Å². The molecule has 1 atom stereocenters. The van der Waals surface area contributed by atoms with Crippen LogP contribution in [0.3, 0.4) is 0 Å². The molecule has 0 aliphatic carbocycles. The molecule has 0 spiro atoms. The first-order chi connectivity index (χ1) is 8.15. The molecule has 1 aromatic heterocycles. The molecule has 0 aliphatic heterocycles. The lowest BCUT2D eigenvalue weighted by molar-refractivity contribution is 0.182. The monoisotopic (exact) mass is 230 g/mol. The fourth-order valence-corrected chi connectivity index (χ4v) is 1.74. The molecule has 2 rings (SSSR count). The molecule has 0 bridgehead atoms. The summed E-state index contributed by atoms with van der Waals surface area (Å²) in [6, 6.07) is 12.2. The third kappa shape index (κ3) is 3.21. The molecular weight excluding hydrogens is 212 g/mol. The maximum absolute atomic E-state index is 9.23. The summed E-state index contributed by atoms with van der Waals surface area (Å²) >= 11 is 0. The summed E-state index contributed by atoms with van der Waals surface area (Å²) in [5.41, 5.74) is 2.34. The fraction of sp³-hybridized carbons (Fsp3) is 0.333. The molecule has 0 amide bonds. The van der Waals surface area contributed by atoms with Crippen molar-refractivity contribution >= 4 is 0 Å². The molecule has 0 fully saturated rings. The lowest BCUT2D eigenvalue weighted by Gasteiger charge is -2.01. The molecule has 0 unspecified atom stereocenters. The molecule has 1 heterocycles. The maximum Gasteiger partial charge on any atom is 0.134 e. The molecule has 90 valence electrons. The van der Waals surface area contributed by atoms with Crippen molar-refractivity contribution in [3.63, 3.8) is 0 Å². The standard InChI is InChI=1S/C15H18O2/c1-11-3-6-13(7-4-11)15-10-9-14(17-15)8-5-12(2)16/h3-4,6-7,9-10,12,16H,5,8H2,1-2H3/t12-/m1/s1. The highest BCUT2D eigenvalue weighted by Gasteiger charge is 2.05. The molecule has 0 radical (unpaired) electrons. The smallest absolute Gasteiger partial charge is 0.134 e. The van der Waals surface area contributed by atoms with Crippen LogP contribution in [0.2, 0.25) is 0 Å². The van der Waals surface area contributed by atoms with Crippen LogP contribution in [-0.4, -0.2) is 11.2 Å². The third-order valence-corrected chi connectivity index (χ3v) is 2.81. The van der Waals surface area contributed by atoms with Crippen molar-refractivity contribution in [1.82, 2.24) is 0 Å². The van der Waals surface area contributed by atoms with Gasteiger partial charge in [0.25, 0.3) is 0 Å². The van der Waals surface area contributed by atoms with Gasteiger partial charge < -0.3 is 9.52 Å². The molecule has 0 saturated heterocycles. The summed E-state index contributed by atoms with van der Waals surface area (Å²) in [6.45, 7) is 3.86. The Hall–Kier alpha value is -1.54. The number of aliphatic hydroxyl groups is 1. The minimum Gasteiger partial charge on any atom is -0.461 e. The van der Waals surface area contributed by atoms with Gasteiger partial charge in [-0.05, 0) is 32.4 Å². The van der Waals surface area contributed by atoms with Crippen LogP contribution < -0.4 is 0 Å². The first-order valence-corrected chi connectivity index (χ1v) is 5.99. The summed E-state index contributed by atoms with van der Waals surface area (Å²) in [7, 11) is 0. The number of aryl methyl sites for hydroxylation is 2. The SMILES string of the molecule is Cc1ccc(-c2ccc(CC[C@@H](C)O)o2)cc1. The van der Waals surface area contributed by atoms with Gasteiger partial charge in [0.15, 0.2) is 0 Å². The Labute approximate surface area is 102 Å². The number of hydrogen-bond acceptors (Lipinski definition) is 2. The molecular formula is C15H18O2. The molecule has 1 aromatic carbocycles. The predicted octanol–water partition coefficient (Wildman–Crippen LogP) is 3.57. The summed E-state index contributed by atoms with van der Waals surface area (Å²) in [4.78, 5) is 0. The molecule has 0 saturated carbocycles. The van der Waals surface area contributed by atoms with Crippen LogP contribution in [0.1, 0.15) is 24.7 Å². The van der Waals surface area contributed by atoms with Gasteiger partial charge in [-0.15, -0.1) is 0 Å². The first kappa shape index (κ1) is 11.9. The average Bonchev–Trinajstić information content (AvgIpc) is 2.76. The summed E-state index contributed by atoms with van der Waals surface area (Å²) in [5, 5.41) is 9.23. The van der Waals surface area contributed by atoms with Gasteiger partial charge in [0, 0.05) is 12.0 Å². The van der Waals surface area contributed by atoms with Gasteiger partial charge in [-0.1, -0.05) is 29.8 Å². The van der Waals surface area contributed by atoms with Crippen molar-refractivity contribution in [2.75, 3.05) is 0 Å². The minimum absolute atomic E-state index is 0.275. The highest BCUT2D eigenvalue weighted by Crippen LogP contribution is 2.23. The lowest BCUT2D eigenvalue weighted by Crippen LogP contribution is -2.00. The molecule has 17 heavy (non-hydrogen) atoms. The van der Waals surface area contributed by atoms with E-state index in [1.165, 1.54) is 5.56 Å². The zero-order valence-electron chi connectivity index (χ0n) is 10.3. The van der Waals surface area contributed by atoms with Crippen molar-refractivity contribution in [3.05, 3.63) is 47.7 Å². The average molecular weight is 230 g/mol. The number of aliphatic hydroxyl groups excluding tert-OH is 1. The number of hydrogen-bond donors (Lipinski definition) is 1. The molecule has 2 nitrogen and oxygen atoms in total. The van der Waals surface area contributed by atoms with E-state index in [2.05, 4.69) is 31.2 Å². The summed E-state index contributed by atoms with van der Waals surface area (Å²) in [6.07, 6.45) is 1.24. The van der Waals surface area contributed by atoms with Gasteiger partial charge in [-0.3, -0.25) is 0 Å². The highest BCUT2D eigenvalue weighted by molar-refractivity contribution is 5.57. The Bertz CT molecular complexity index is 466. The van der Waals surface area contributed by atoms with Gasteiger partial charge in [0.05, 0.1) is 6.10 Å². The van der Waals surface area contributed by atoms with E-state index in [0.717, 1.165) is 29.9 Å². The highest BCUT2D eigenvalue weighted by atomic mass is 16.3. The number of benzene rings is 1. The van der Waals surface area contributed by atoms with Gasteiger partial charge >= 0.3 is 0 Å². The Balaban J connectivity index is 2.10. The largest absolute Gasteiger partial charge is 0.461 e. The van der Waals surface area contributed by atoms with Gasteiger partial charge in [0.2, 0.25) is 0 Å². The fourth-order valence-electron chi connectivity index (χ4n) is 1.74. The second kappa shape index (κ2) is 5.19. The number of rotatable bonds is 4. The zero-order chi connectivity index (χ0) is 12.3. The van der Waals surface area contributed by atoms with Crippen molar-refractivity contribution in [2.45, 2.75) is 32.8 Å².